The van der Waals surface area contributed by atoms with Crippen molar-refractivity contribution in [2.24, 2.45) is 17.2 Å². The van der Waals surface area contributed by atoms with Crippen LogP contribution in [0.2, 0.25) is 0 Å². The van der Waals surface area contributed by atoms with Gasteiger partial charge < -0.3 is 36.2 Å². The van der Waals surface area contributed by atoms with Crippen LogP contribution in [-0.2, 0) is 92.9 Å². The molecule has 0 saturated carbocycles. The Bertz CT molecular complexity index is 2780. The minimum Gasteiger partial charge on any atom is -0.468 e. The third kappa shape index (κ3) is 19.6. The second-order valence-electron chi connectivity index (χ2n) is 17.6. The summed E-state index contributed by atoms with van der Waals surface area (Å²) in [7, 11) is 0. The molecule has 6 aromatic rings. The van der Waals surface area contributed by atoms with Crippen LogP contribution in [0, 0.1) is 55.4 Å². The van der Waals surface area contributed by atoms with Crippen LogP contribution in [0.3, 0.4) is 0 Å². The highest BCUT2D eigenvalue weighted by Crippen LogP contribution is 2.39. The third-order valence-electron chi connectivity index (χ3n) is 12.2. The van der Waals surface area contributed by atoms with Gasteiger partial charge in [0.25, 0.3) is 31.2 Å². The summed E-state index contributed by atoms with van der Waals surface area (Å²) in [6, 6.07) is 11.0. The Balaban J connectivity index is 0.000000218. The van der Waals surface area contributed by atoms with Crippen LogP contribution in [0.1, 0.15) is 110 Å². The molecule has 0 atom stereocenters. The molecule has 20 heteroatoms. The molecule has 6 N–H and O–H groups in total. The number of rotatable bonds is 25. The number of carbonyl (C=O) groups excluding carboxylic acids is 6. The summed E-state index contributed by atoms with van der Waals surface area (Å²) >= 11 is 10.8. The van der Waals surface area contributed by atoms with Crippen molar-refractivity contribution in [2.45, 2.75) is 133 Å². The van der Waals surface area contributed by atoms with E-state index in [2.05, 4.69) is 85.7 Å². The Labute approximate surface area is 465 Å². The average molecular weight is 1140 g/mol. The Kier molecular flexibility index (Phi) is 27.3. The van der Waals surface area contributed by atoms with E-state index in [0.717, 1.165) is 44.9 Å². The van der Waals surface area contributed by atoms with Gasteiger partial charge in [0.2, 0.25) is 0 Å². The summed E-state index contributed by atoms with van der Waals surface area (Å²) in [5.74, 6) is -1.38. The topological polar surface area (TPSA) is 221 Å². The number of nitrogens with two attached hydrogens (primary N) is 3. The van der Waals surface area contributed by atoms with Gasteiger partial charge >= 0.3 is 5.97 Å². The zero-order chi connectivity index (χ0) is 55.0. The van der Waals surface area contributed by atoms with Gasteiger partial charge in [-0.15, -0.1) is 73.1 Å². The Morgan fingerprint density at radius 1 is 0.493 bits per heavy atom. The molecule has 1 aliphatic rings. The van der Waals surface area contributed by atoms with E-state index in [1.807, 2.05) is 11.3 Å². The lowest BCUT2D eigenvalue weighted by Crippen LogP contribution is -2.31. The van der Waals surface area contributed by atoms with Gasteiger partial charge in [-0.1, -0.05) is 0 Å². The maximum atomic E-state index is 11.6. The lowest BCUT2D eigenvalue weighted by molar-refractivity contribution is -0.197. The predicted octanol–water partition coefficient (Wildman–Crippen LogP) is 10.8. The van der Waals surface area contributed by atoms with Crippen LogP contribution in [0.4, 0.5) is 0 Å². The quantitative estimate of drug-likeness (QED) is 0.0210. The predicted molar refractivity (Wildman–Crippen MR) is 307 cm³/mol. The normalized spacial score (nSPS) is 11.8. The first-order valence-corrected chi connectivity index (χ1v) is 29.7. The summed E-state index contributed by atoms with van der Waals surface area (Å²) in [6.45, 7) is 21.7. The molecule has 0 unspecified atom stereocenters. The van der Waals surface area contributed by atoms with E-state index in [1.165, 1.54) is 97.5 Å². The first kappa shape index (κ1) is 62.6. The van der Waals surface area contributed by atoms with Crippen LogP contribution in [0.25, 0.3) is 19.5 Å². The van der Waals surface area contributed by atoms with E-state index in [0.29, 0.717) is 70.4 Å². The zero-order valence-electron chi connectivity index (χ0n) is 44.4. The molecular weight excluding hydrogens is 1070 g/mol. The molecule has 0 radical (unpaired) electrons. The van der Waals surface area contributed by atoms with Gasteiger partial charge in [-0.3, -0.25) is 24.0 Å². The number of nitrogens with zero attached hydrogens (tertiary/aromatic N) is 1. The second-order valence-corrected chi connectivity index (χ2v) is 25.5. The highest BCUT2D eigenvalue weighted by molar-refractivity contribution is 7.23. The number of amides is 2. The number of hydrogen-bond acceptors (Lipinski definition) is 19. The smallest absolute Gasteiger partial charge is 0.333 e. The van der Waals surface area contributed by atoms with Gasteiger partial charge in [-0.05, 0) is 170 Å². The third-order valence-corrected chi connectivity index (χ3v) is 19.1. The van der Waals surface area contributed by atoms with Crippen molar-refractivity contribution in [3.05, 3.63) is 108 Å². The fourth-order valence-electron chi connectivity index (χ4n) is 8.21. The molecule has 14 nitrogen and oxygen atoms in total. The molecule has 6 aromatic heterocycles. The standard InChI is InChI=1S/C15H19NO4S.C15H19NO2S2.C14H17NO2S2.C11H17NO2S/c1-10-9-12(11(2)21-10)5-3-4-6-15(19)20-16-13(17)7-8-14(16)18;1-10-12(3-5-16)7-14(19-10)15-8-13(11(2)20-15)4-6-18-9-17;1-9-11(3-4-17-8-16)5-13(18-9)14-6-12(7-15)10(2)19-14;1-8-10(3-5-12)11(9(2)15-8)4-6-14-7-13/h9H,3-8H2,1-2H3;7-9H,3-6,16H2,1-2H3;5-6,8H,3-4,7,15H2,1-2H3;7H,3-6,12H2,1-2H3. The van der Waals surface area contributed by atoms with Gasteiger partial charge in [0.05, 0.1) is 19.8 Å². The number of carbonyl (C=O) groups is 6. The van der Waals surface area contributed by atoms with Crippen molar-refractivity contribution in [3.8, 4) is 19.5 Å². The van der Waals surface area contributed by atoms with E-state index in [9.17, 15) is 28.8 Å². The van der Waals surface area contributed by atoms with Gasteiger partial charge in [-0.25, -0.2) is 4.79 Å². The van der Waals surface area contributed by atoms with Crippen LogP contribution in [0.5, 0.6) is 0 Å². The summed E-state index contributed by atoms with van der Waals surface area (Å²) < 4.78 is 14.3. The van der Waals surface area contributed by atoms with E-state index < -0.39 is 17.8 Å². The maximum absolute atomic E-state index is 11.6. The van der Waals surface area contributed by atoms with Crippen molar-refractivity contribution in [2.75, 3.05) is 32.9 Å². The number of imide groups is 1. The summed E-state index contributed by atoms with van der Waals surface area (Å²) in [6.07, 6.45) is 7.17. The fourth-order valence-corrected chi connectivity index (χ4v) is 14.8. The van der Waals surface area contributed by atoms with Gasteiger partial charge in [0, 0.05) is 104 Å². The van der Waals surface area contributed by atoms with Crippen LogP contribution in [0.15, 0.2) is 30.3 Å². The average Bonchev–Trinajstić information content (AvgIpc) is 4.27. The molecule has 0 aromatic carbocycles. The molecule has 75 heavy (non-hydrogen) atoms. The molecule has 2 amide bonds. The molecule has 1 saturated heterocycles. The Morgan fingerprint density at radius 2 is 0.893 bits per heavy atom. The molecule has 1 aliphatic heterocycles. The zero-order valence-corrected chi connectivity index (χ0v) is 49.2. The lowest BCUT2D eigenvalue weighted by Gasteiger charge is -2.12. The summed E-state index contributed by atoms with van der Waals surface area (Å²) in [5, 5.41) is 0.606. The SMILES string of the molecule is Cc1cc(CCCCC(=O)ON2C(=O)CCC2=O)c(C)s1.Cc1sc(-c2cc(CCOC=O)c(C)s2)cc1CCN.Cc1sc(-c2cc(CCOC=O)c(C)s2)cc1CN.Cc1sc(C)c(CCOC=O)c1CCN. The Morgan fingerprint density at radius 3 is 1.31 bits per heavy atom. The molecule has 1 fully saturated rings. The molecule has 0 bridgehead atoms. The van der Waals surface area contributed by atoms with Crippen LogP contribution >= 0.6 is 68.0 Å². The van der Waals surface area contributed by atoms with E-state index >= 15 is 0 Å². The van der Waals surface area contributed by atoms with Crippen molar-refractivity contribution in [1.29, 1.82) is 0 Å². The molecule has 408 valence electrons. The highest BCUT2D eigenvalue weighted by Gasteiger charge is 2.32. The number of hydroxylamine groups is 2. The lowest BCUT2D eigenvalue weighted by atomic mass is 10.0. The molecule has 7 rings (SSSR count). The van der Waals surface area contributed by atoms with Gasteiger partial charge in [-0.2, -0.15) is 0 Å². The number of thiophene rings is 6. The largest absolute Gasteiger partial charge is 0.468 e. The number of unbranched alkanes of at least 4 members (excludes halogenated alkanes) is 1. The molecule has 7 heterocycles. The van der Waals surface area contributed by atoms with Crippen LogP contribution < -0.4 is 17.2 Å². The first-order valence-electron chi connectivity index (χ1n) is 24.8. The Hall–Kier alpha value is -4.90. The molecule has 0 spiro atoms. The molecule has 0 aliphatic carbocycles. The summed E-state index contributed by atoms with van der Waals surface area (Å²) in [4.78, 5) is 85.0. The second kappa shape index (κ2) is 32.6. The van der Waals surface area contributed by atoms with Crippen molar-refractivity contribution in [3.63, 3.8) is 0 Å². The van der Waals surface area contributed by atoms with Gasteiger partial charge in [0.15, 0.2) is 0 Å². The summed E-state index contributed by atoms with van der Waals surface area (Å²) in [5.41, 5.74) is 26.0. The van der Waals surface area contributed by atoms with E-state index in [1.54, 1.807) is 56.7 Å². The minimum absolute atomic E-state index is 0.128. The van der Waals surface area contributed by atoms with Crippen LogP contribution in [-0.4, -0.2) is 75.2 Å². The van der Waals surface area contributed by atoms with Crippen molar-refractivity contribution >= 4 is 105 Å². The fraction of sp³-hybridized carbons (Fsp3) is 0.455. The van der Waals surface area contributed by atoms with E-state index in [-0.39, 0.29) is 19.3 Å². The first-order chi connectivity index (χ1) is 36.0. The van der Waals surface area contributed by atoms with Crippen molar-refractivity contribution in [1.82, 2.24) is 5.06 Å². The van der Waals surface area contributed by atoms with E-state index in [4.69, 9.17) is 36.2 Å². The minimum atomic E-state index is -0.517. The monoisotopic (exact) mass is 1140 g/mol. The molecular formula is C55H72N4O10S6. The van der Waals surface area contributed by atoms with Gasteiger partial charge in [0.1, 0.15) is 0 Å². The highest BCUT2D eigenvalue weighted by atomic mass is 32.1. The maximum Gasteiger partial charge on any atom is 0.333 e. The number of hydrogen-bond donors (Lipinski definition) is 3. The van der Waals surface area contributed by atoms with Crippen molar-refractivity contribution < 1.29 is 47.8 Å². The number of ether oxygens (including phenoxy) is 3. The number of aryl methyl sites for hydroxylation is 9.